The Hall–Kier alpha value is 1.51. The number of hydrogen-bond acceptors (Lipinski definition) is 4. The number of rotatable bonds is 22. The van der Waals surface area contributed by atoms with E-state index >= 15 is 0 Å². The van der Waals surface area contributed by atoms with Crippen LogP contribution < -0.4 is 51.4 Å². The van der Waals surface area contributed by atoms with Gasteiger partial charge in [-0.1, -0.05) is 116 Å². The summed E-state index contributed by atoms with van der Waals surface area (Å²) in [4.78, 5) is 0. The van der Waals surface area contributed by atoms with Crippen molar-refractivity contribution in [1.29, 1.82) is 0 Å². The fraction of sp³-hybridized carbons (Fsp3) is 1.00. The van der Waals surface area contributed by atoms with Crippen molar-refractivity contribution in [2.24, 2.45) is 0 Å². The van der Waals surface area contributed by atoms with Gasteiger partial charge in [0, 0.05) is 11.9 Å². The Morgan fingerprint density at radius 1 is 0.621 bits per heavy atom. The molecule has 0 bridgehead atoms. The first-order valence-electron chi connectivity index (χ1n) is 12.1. The van der Waals surface area contributed by atoms with Gasteiger partial charge in [-0.05, 0) is 19.3 Å². The minimum atomic E-state index is -4.16. The largest absolute Gasteiger partial charge is 1.00 e. The van der Waals surface area contributed by atoms with Crippen molar-refractivity contribution in [2.45, 2.75) is 141 Å². The Labute approximate surface area is 224 Å². The molecule has 0 aliphatic rings. The van der Waals surface area contributed by atoms with Gasteiger partial charge in [0.05, 0.1) is 10.1 Å². The van der Waals surface area contributed by atoms with Crippen molar-refractivity contribution < 1.29 is 69.5 Å². The summed E-state index contributed by atoms with van der Waals surface area (Å²) in [6, 6.07) is 0. The van der Waals surface area contributed by atoms with Crippen LogP contribution in [-0.2, 0) is 10.1 Å². The maximum atomic E-state index is 11.5. The van der Waals surface area contributed by atoms with E-state index in [1.165, 1.54) is 57.8 Å². The van der Waals surface area contributed by atoms with Crippen LogP contribution >= 0.6 is 0 Å². The molecular formula is C23H47KO4S. The summed E-state index contributed by atoms with van der Waals surface area (Å²) in [5.74, 6) is 0. The summed E-state index contributed by atoms with van der Waals surface area (Å²) in [7, 11) is -4.16. The SMILES string of the molecule is CCCCCCCCCCCCC(CCCCCCCCCCO)S(=O)(=O)[O-].[K+]. The maximum absolute atomic E-state index is 11.5. The van der Waals surface area contributed by atoms with Gasteiger partial charge in [-0.25, -0.2) is 8.42 Å². The standard InChI is InChI=1S/C23H48O4S.K/c1-2-3-4-5-6-7-8-11-14-17-20-23(28(25,26)27)21-18-15-12-9-10-13-16-19-22-24;/h23-24H,2-22H2,1H3,(H,25,26,27);/q;+1/p-1. The monoisotopic (exact) mass is 458 g/mol. The van der Waals surface area contributed by atoms with E-state index in [1.54, 1.807) is 0 Å². The van der Waals surface area contributed by atoms with E-state index in [1.807, 2.05) is 0 Å². The van der Waals surface area contributed by atoms with E-state index in [0.29, 0.717) is 12.8 Å². The molecule has 0 heterocycles. The van der Waals surface area contributed by atoms with Crippen molar-refractivity contribution in [3.05, 3.63) is 0 Å². The summed E-state index contributed by atoms with van der Waals surface area (Å²) >= 11 is 0. The third kappa shape index (κ3) is 24.0. The molecule has 1 unspecified atom stereocenters. The van der Waals surface area contributed by atoms with Crippen molar-refractivity contribution in [3.8, 4) is 0 Å². The Morgan fingerprint density at radius 3 is 1.24 bits per heavy atom. The van der Waals surface area contributed by atoms with Crippen LogP contribution in [0.5, 0.6) is 0 Å². The molecule has 0 fully saturated rings. The van der Waals surface area contributed by atoms with Crippen LogP contribution in [0.4, 0.5) is 0 Å². The van der Waals surface area contributed by atoms with Gasteiger partial charge in [-0.2, -0.15) is 0 Å². The van der Waals surface area contributed by atoms with Gasteiger partial charge in [0.1, 0.15) is 0 Å². The van der Waals surface area contributed by atoms with Crippen molar-refractivity contribution in [2.75, 3.05) is 6.61 Å². The number of hydrogen-bond donors (Lipinski definition) is 1. The molecule has 1 N–H and O–H groups in total. The van der Waals surface area contributed by atoms with E-state index in [2.05, 4.69) is 6.92 Å². The predicted octanol–water partition coefficient (Wildman–Crippen LogP) is 3.72. The van der Waals surface area contributed by atoms with E-state index in [9.17, 15) is 13.0 Å². The van der Waals surface area contributed by atoms with Gasteiger partial charge in [-0.15, -0.1) is 0 Å². The molecule has 29 heavy (non-hydrogen) atoms. The second kappa shape index (κ2) is 24.2. The van der Waals surface area contributed by atoms with Crippen LogP contribution in [0.2, 0.25) is 0 Å². The molecule has 0 amide bonds. The minimum Gasteiger partial charge on any atom is -0.748 e. The van der Waals surface area contributed by atoms with Crippen molar-refractivity contribution >= 4 is 10.1 Å². The van der Waals surface area contributed by atoms with Crippen molar-refractivity contribution in [1.82, 2.24) is 0 Å². The number of unbranched alkanes of at least 4 members (excludes halogenated alkanes) is 16. The molecule has 1 atom stereocenters. The summed E-state index contributed by atoms with van der Waals surface area (Å²) in [5, 5.41) is 8.06. The molecular weight excluding hydrogens is 411 g/mol. The topological polar surface area (TPSA) is 77.4 Å². The molecule has 0 saturated heterocycles. The van der Waals surface area contributed by atoms with E-state index in [0.717, 1.165) is 57.8 Å². The molecule has 0 rings (SSSR count). The zero-order valence-corrected chi connectivity index (χ0v) is 23.4. The molecule has 0 aliphatic heterocycles. The minimum absolute atomic E-state index is 0. The molecule has 0 aromatic heterocycles. The zero-order valence-electron chi connectivity index (χ0n) is 19.5. The smallest absolute Gasteiger partial charge is 0.748 e. The summed E-state index contributed by atoms with van der Waals surface area (Å²) < 4.78 is 34.5. The summed E-state index contributed by atoms with van der Waals surface area (Å²) in [5.41, 5.74) is 0. The molecule has 4 nitrogen and oxygen atoms in total. The quantitative estimate of drug-likeness (QED) is 0.152. The predicted molar refractivity (Wildman–Crippen MR) is 119 cm³/mol. The fourth-order valence-corrected chi connectivity index (χ4v) is 4.75. The second-order valence-electron chi connectivity index (χ2n) is 8.43. The van der Waals surface area contributed by atoms with Gasteiger partial charge >= 0.3 is 51.4 Å². The fourth-order valence-electron chi connectivity index (χ4n) is 3.84. The average Bonchev–Trinajstić information content (AvgIpc) is 2.65. The second-order valence-corrected chi connectivity index (χ2v) is 10.1. The Bertz CT molecular complexity index is 415. The molecule has 0 aromatic carbocycles. The Balaban J connectivity index is 0. The first-order chi connectivity index (χ1) is 13.5. The first kappa shape index (κ1) is 32.7. The average molecular weight is 459 g/mol. The zero-order chi connectivity index (χ0) is 20.9. The number of aliphatic hydroxyl groups excluding tert-OH is 1. The Kier molecular flexibility index (Phi) is 27.2. The first-order valence-corrected chi connectivity index (χ1v) is 13.5. The third-order valence-corrected chi connectivity index (χ3v) is 7.01. The van der Waals surface area contributed by atoms with Crippen LogP contribution in [0.1, 0.15) is 135 Å². The number of aliphatic hydroxyl groups is 1. The molecule has 6 heteroatoms. The molecule has 0 aliphatic carbocycles. The third-order valence-electron chi connectivity index (χ3n) is 5.72. The van der Waals surface area contributed by atoms with Gasteiger partial charge in [0.25, 0.3) is 0 Å². The summed E-state index contributed by atoms with van der Waals surface area (Å²) in [6.07, 6.45) is 21.8. The van der Waals surface area contributed by atoms with Gasteiger partial charge in [0.2, 0.25) is 0 Å². The van der Waals surface area contributed by atoms with Gasteiger partial charge in [-0.3, -0.25) is 0 Å². The van der Waals surface area contributed by atoms with E-state index in [-0.39, 0.29) is 58.0 Å². The molecule has 0 spiro atoms. The van der Waals surface area contributed by atoms with Gasteiger partial charge in [0.15, 0.2) is 0 Å². The summed E-state index contributed by atoms with van der Waals surface area (Å²) in [6.45, 7) is 2.52. The van der Waals surface area contributed by atoms with E-state index in [4.69, 9.17) is 5.11 Å². The molecule has 0 saturated carbocycles. The van der Waals surface area contributed by atoms with E-state index < -0.39 is 15.4 Å². The van der Waals surface area contributed by atoms with Crippen LogP contribution in [0.15, 0.2) is 0 Å². The maximum Gasteiger partial charge on any atom is 1.00 e. The Morgan fingerprint density at radius 2 is 0.931 bits per heavy atom. The van der Waals surface area contributed by atoms with Gasteiger partial charge < -0.3 is 9.66 Å². The molecule has 0 aromatic rings. The van der Waals surface area contributed by atoms with Crippen LogP contribution in [0.25, 0.3) is 0 Å². The molecule has 170 valence electrons. The molecule has 0 radical (unpaired) electrons. The van der Waals surface area contributed by atoms with Crippen LogP contribution in [0, 0.1) is 0 Å². The normalized spacial score (nSPS) is 12.7. The van der Waals surface area contributed by atoms with Crippen molar-refractivity contribution in [3.63, 3.8) is 0 Å². The van der Waals surface area contributed by atoms with Crippen LogP contribution in [0.3, 0.4) is 0 Å². The van der Waals surface area contributed by atoms with Crippen LogP contribution in [-0.4, -0.2) is 29.9 Å².